The summed E-state index contributed by atoms with van der Waals surface area (Å²) in [5, 5.41) is 3.74. The molecule has 0 saturated heterocycles. The molecule has 0 saturated carbocycles. The van der Waals surface area contributed by atoms with Crippen LogP contribution >= 0.6 is 23.2 Å². The SMILES string of the molecule is Fc1ccc(Nc2ccccc2Cl)cc1Cl. The topological polar surface area (TPSA) is 12.0 Å². The van der Waals surface area contributed by atoms with Crippen molar-refractivity contribution in [3.8, 4) is 0 Å². The lowest BCUT2D eigenvalue weighted by Crippen LogP contribution is -1.91. The minimum atomic E-state index is -0.439. The molecule has 0 aliphatic rings. The second-order valence-electron chi connectivity index (χ2n) is 3.23. The van der Waals surface area contributed by atoms with E-state index in [2.05, 4.69) is 5.32 Å². The standard InChI is InChI=1S/C12H8Cl2FN/c13-9-3-1-2-4-12(9)16-8-5-6-11(15)10(14)7-8/h1-7,16H. The van der Waals surface area contributed by atoms with Crippen molar-refractivity contribution in [2.75, 3.05) is 5.32 Å². The minimum absolute atomic E-state index is 0.0806. The number of anilines is 2. The van der Waals surface area contributed by atoms with Gasteiger partial charge in [-0.15, -0.1) is 0 Å². The van der Waals surface area contributed by atoms with Crippen molar-refractivity contribution in [1.29, 1.82) is 0 Å². The van der Waals surface area contributed by atoms with Crippen molar-refractivity contribution >= 4 is 34.6 Å². The second-order valence-corrected chi connectivity index (χ2v) is 4.05. The van der Waals surface area contributed by atoms with Crippen LogP contribution in [0.2, 0.25) is 10.0 Å². The van der Waals surface area contributed by atoms with Gasteiger partial charge in [0.15, 0.2) is 0 Å². The fourth-order valence-corrected chi connectivity index (χ4v) is 1.66. The van der Waals surface area contributed by atoms with E-state index in [0.717, 1.165) is 5.69 Å². The molecular formula is C12H8Cl2FN. The number of hydrogen-bond acceptors (Lipinski definition) is 1. The second kappa shape index (κ2) is 4.73. The number of rotatable bonds is 2. The highest BCUT2D eigenvalue weighted by atomic mass is 35.5. The van der Waals surface area contributed by atoms with Gasteiger partial charge in [0.05, 0.1) is 15.7 Å². The van der Waals surface area contributed by atoms with Crippen LogP contribution in [0.3, 0.4) is 0 Å². The summed E-state index contributed by atoms with van der Waals surface area (Å²) < 4.78 is 12.9. The molecule has 0 heterocycles. The lowest BCUT2D eigenvalue weighted by Gasteiger charge is -2.08. The average Bonchev–Trinajstić information content (AvgIpc) is 2.27. The smallest absolute Gasteiger partial charge is 0.141 e. The summed E-state index contributed by atoms with van der Waals surface area (Å²) in [4.78, 5) is 0. The van der Waals surface area contributed by atoms with Crippen molar-refractivity contribution in [3.63, 3.8) is 0 Å². The summed E-state index contributed by atoms with van der Waals surface area (Å²) in [7, 11) is 0. The van der Waals surface area contributed by atoms with E-state index in [1.807, 2.05) is 18.2 Å². The molecule has 0 fully saturated rings. The largest absolute Gasteiger partial charge is 0.354 e. The molecule has 2 aromatic rings. The maximum Gasteiger partial charge on any atom is 0.141 e. The number of nitrogens with one attached hydrogen (secondary N) is 1. The minimum Gasteiger partial charge on any atom is -0.354 e. The van der Waals surface area contributed by atoms with Gasteiger partial charge in [0.2, 0.25) is 0 Å². The summed E-state index contributed by atoms with van der Waals surface area (Å²) >= 11 is 11.6. The van der Waals surface area contributed by atoms with Crippen molar-refractivity contribution < 1.29 is 4.39 Å². The van der Waals surface area contributed by atoms with E-state index < -0.39 is 5.82 Å². The fraction of sp³-hybridized carbons (Fsp3) is 0. The van der Waals surface area contributed by atoms with Gasteiger partial charge in [0, 0.05) is 5.69 Å². The first-order valence-corrected chi connectivity index (χ1v) is 5.39. The zero-order valence-corrected chi connectivity index (χ0v) is 9.69. The van der Waals surface area contributed by atoms with Crippen LogP contribution in [0.5, 0.6) is 0 Å². The summed E-state index contributed by atoms with van der Waals surface area (Å²) in [5.74, 6) is -0.439. The highest BCUT2D eigenvalue weighted by Crippen LogP contribution is 2.27. The molecule has 1 N–H and O–H groups in total. The summed E-state index contributed by atoms with van der Waals surface area (Å²) in [5.41, 5.74) is 1.45. The third kappa shape index (κ3) is 2.46. The van der Waals surface area contributed by atoms with Crippen molar-refractivity contribution in [3.05, 3.63) is 58.3 Å². The third-order valence-electron chi connectivity index (χ3n) is 2.07. The molecule has 1 nitrogen and oxygen atoms in total. The van der Waals surface area contributed by atoms with Crippen LogP contribution < -0.4 is 5.32 Å². The van der Waals surface area contributed by atoms with Gasteiger partial charge in [-0.3, -0.25) is 0 Å². The summed E-state index contributed by atoms with van der Waals surface area (Å²) in [6, 6.07) is 11.7. The van der Waals surface area contributed by atoms with Gasteiger partial charge < -0.3 is 5.32 Å². The van der Waals surface area contributed by atoms with Crippen LogP contribution in [0.4, 0.5) is 15.8 Å². The first-order chi connectivity index (χ1) is 7.66. The maximum absolute atomic E-state index is 12.9. The van der Waals surface area contributed by atoms with Gasteiger partial charge in [0.25, 0.3) is 0 Å². The van der Waals surface area contributed by atoms with Crippen LogP contribution in [0.25, 0.3) is 0 Å². The van der Waals surface area contributed by atoms with Crippen LogP contribution in [0.1, 0.15) is 0 Å². The van der Waals surface area contributed by atoms with Gasteiger partial charge >= 0.3 is 0 Å². The number of hydrogen-bond donors (Lipinski definition) is 1. The van der Waals surface area contributed by atoms with Crippen molar-refractivity contribution in [1.82, 2.24) is 0 Å². The van der Waals surface area contributed by atoms with Crippen LogP contribution in [0, 0.1) is 5.82 Å². The molecule has 0 aliphatic heterocycles. The van der Waals surface area contributed by atoms with E-state index in [1.54, 1.807) is 12.1 Å². The molecule has 2 aromatic carbocycles. The molecule has 2 rings (SSSR count). The molecule has 0 amide bonds. The van der Waals surface area contributed by atoms with E-state index in [4.69, 9.17) is 23.2 Å². The Morgan fingerprint density at radius 1 is 0.938 bits per heavy atom. The Morgan fingerprint density at radius 3 is 2.38 bits per heavy atom. The lowest BCUT2D eigenvalue weighted by atomic mass is 10.2. The Hall–Kier alpha value is -1.25. The monoisotopic (exact) mass is 255 g/mol. The predicted molar refractivity (Wildman–Crippen MR) is 66.1 cm³/mol. The molecule has 82 valence electrons. The van der Waals surface area contributed by atoms with Crippen LogP contribution in [0.15, 0.2) is 42.5 Å². The van der Waals surface area contributed by atoms with Gasteiger partial charge in [-0.2, -0.15) is 0 Å². The van der Waals surface area contributed by atoms with Gasteiger partial charge in [0.1, 0.15) is 5.82 Å². The van der Waals surface area contributed by atoms with E-state index in [0.29, 0.717) is 10.7 Å². The predicted octanol–water partition coefficient (Wildman–Crippen LogP) is 4.88. The molecule has 0 radical (unpaired) electrons. The molecule has 0 bridgehead atoms. The van der Waals surface area contributed by atoms with E-state index in [9.17, 15) is 4.39 Å². The first-order valence-electron chi connectivity index (χ1n) is 4.63. The van der Waals surface area contributed by atoms with Gasteiger partial charge in [-0.25, -0.2) is 4.39 Å². The Bertz CT molecular complexity index is 514. The highest BCUT2D eigenvalue weighted by Gasteiger charge is 2.02. The lowest BCUT2D eigenvalue weighted by molar-refractivity contribution is 0.628. The first kappa shape index (κ1) is 11.2. The van der Waals surface area contributed by atoms with Gasteiger partial charge in [-0.1, -0.05) is 35.3 Å². The Labute approximate surface area is 103 Å². The molecule has 4 heteroatoms. The molecule has 0 atom stereocenters. The summed E-state index contributed by atoms with van der Waals surface area (Å²) in [6.07, 6.45) is 0. The number of halogens is 3. The summed E-state index contributed by atoms with van der Waals surface area (Å²) in [6.45, 7) is 0. The normalized spacial score (nSPS) is 10.2. The maximum atomic E-state index is 12.9. The highest BCUT2D eigenvalue weighted by molar-refractivity contribution is 6.33. The van der Waals surface area contributed by atoms with E-state index >= 15 is 0 Å². The van der Waals surface area contributed by atoms with Crippen molar-refractivity contribution in [2.45, 2.75) is 0 Å². The van der Waals surface area contributed by atoms with Crippen LogP contribution in [-0.2, 0) is 0 Å². The Kier molecular flexibility index (Phi) is 3.32. The Morgan fingerprint density at radius 2 is 1.69 bits per heavy atom. The quantitative estimate of drug-likeness (QED) is 0.807. The molecule has 0 unspecified atom stereocenters. The van der Waals surface area contributed by atoms with E-state index in [1.165, 1.54) is 12.1 Å². The van der Waals surface area contributed by atoms with E-state index in [-0.39, 0.29) is 5.02 Å². The molecule has 0 aromatic heterocycles. The zero-order valence-electron chi connectivity index (χ0n) is 8.18. The van der Waals surface area contributed by atoms with Crippen LogP contribution in [-0.4, -0.2) is 0 Å². The van der Waals surface area contributed by atoms with Gasteiger partial charge in [-0.05, 0) is 30.3 Å². The van der Waals surface area contributed by atoms with Crippen molar-refractivity contribution in [2.24, 2.45) is 0 Å². The zero-order chi connectivity index (χ0) is 11.5. The number of benzene rings is 2. The molecular weight excluding hydrogens is 248 g/mol. The molecule has 16 heavy (non-hydrogen) atoms. The average molecular weight is 256 g/mol. The fourth-order valence-electron chi connectivity index (χ4n) is 1.29. The molecule has 0 spiro atoms. The Balaban J connectivity index is 2.28. The third-order valence-corrected chi connectivity index (χ3v) is 2.69. The number of para-hydroxylation sites is 1. The molecule has 0 aliphatic carbocycles.